The molecule has 1 aromatic heterocycles. The molecule has 3 N–H and O–H groups in total. The van der Waals surface area contributed by atoms with Crippen molar-refractivity contribution in [3.8, 4) is 11.1 Å². The molecule has 0 aliphatic rings. The quantitative estimate of drug-likeness (QED) is 0.725. The zero-order chi connectivity index (χ0) is 17.3. The maximum atomic E-state index is 11.8. The third-order valence-corrected chi connectivity index (χ3v) is 4.04. The smallest absolute Gasteiger partial charge is 0.250 e. The highest BCUT2D eigenvalue weighted by Crippen LogP contribution is 2.32. The molecule has 5 heteroatoms. The van der Waals surface area contributed by atoms with E-state index in [9.17, 15) is 9.59 Å². The van der Waals surface area contributed by atoms with E-state index in [-0.39, 0.29) is 5.91 Å². The Bertz CT molecular complexity index is 956. The molecule has 0 aliphatic heterocycles. The van der Waals surface area contributed by atoms with Crippen LogP contribution in [-0.4, -0.2) is 23.8 Å². The van der Waals surface area contributed by atoms with Crippen molar-refractivity contribution in [1.29, 1.82) is 0 Å². The molecule has 120 valence electrons. The molecule has 0 aliphatic carbocycles. The van der Waals surface area contributed by atoms with E-state index in [0.717, 1.165) is 22.2 Å². The summed E-state index contributed by atoms with van der Waals surface area (Å²) in [5.41, 5.74) is 9.25. The van der Waals surface area contributed by atoms with Crippen molar-refractivity contribution < 1.29 is 9.59 Å². The van der Waals surface area contributed by atoms with Crippen LogP contribution in [0.5, 0.6) is 0 Å². The second kappa shape index (κ2) is 6.04. The van der Waals surface area contributed by atoms with Gasteiger partial charge in [-0.15, -0.1) is 0 Å². The summed E-state index contributed by atoms with van der Waals surface area (Å²) in [6, 6.07) is 13.1. The summed E-state index contributed by atoms with van der Waals surface area (Å²) in [7, 11) is 1.70. The van der Waals surface area contributed by atoms with Gasteiger partial charge in [0.05, 0.1) is 11.1 Å². The molecule has 0 radical (unpaired) electrons. The fourth-order valence-corrected chi connectivity index (χ4v) is 2.76. The molecule has 0 unspecified atom stereocenters. The summed E-state index contributed by atoms with van der Waals surface area (Å²) in [5.74, 6) is -0.651. The molecule has 24 heavy (non-hydrogen) atoms. The summed E-state index contributed by atoms with van der Waals surface area (Å²) in [5, 5.41) is 0.904. The van der Waals surface area contributed by atoms with E-state index < -0.39 is 5.91 Å². The Morgan fingerprint density at radius 2 is 2.00 bits per heavy atom. The zero-order valence-corrected chi connectivity index (χ0v) is 13.2. The van der Waals surface area contributed by atoms with Gasteiger partial charge in [-0.25, -0.2) is 0 Å². The third kappa shape index (κ3) is 2.56. The topological polar surface area (TPSA) is 79.2 Å². The molecule has 5 nitrogen and oxygen atoms in total. The van der Waals surface area contributed by atoms with E-state index in [2.05, 4.69) is 11.6 Å². The monoisotopic (exact) mass is 319 g/mol. The second-order valence-corrected chi connectivity index (χ2v) is 5.44. The van der Waals surface area contributed by atoms with Crippen LogP contribution >= 0.6 is 0 Å². The standard InChI is InChI=1S/C19H17N3O2/c1-3-17(23)22(2)13-6-4-5-12(11-13)14-7-8-16(19(20)24)18-15(14)9-10-21-18/h3-11,21H,1H2,2H3,(H2,20,24). The van der Waals surface area contributed by atoms with Gasteiger partial charge in [-0.3, -0.25) is 9.59 Å². The van der Waals surface area contributed by atoms with Gasteiger partial charge < -0.3 is 15.6 Å². The number of aromatic amines is 1. The molecule has 0 bridgehead atoms. The number of hydrogen-bond acceptors (Lipinski definition) is 2. The predicted molar refractivity (Wildman–Crippen MR) is 95.9 cm³/mol. The highest BCUT2D eigenvalue weighted by atomic mass is 16.2. The minimum atomic E-state index is -0.473. The average molecular weight is 319 g/mol. The van der Waals surface area contributed by atoms with Gasteiger partial charge in [-0.1, -0.05) is 24.8 Å². The lowest BCUT2D eigenvalue weighted by Gasteiger charge is -2.16. The number of fused-ring (bicyclic) bond motifs is 1. The van der Waals surface area contributed by atoms with Crippen molar-refractivity contribution in [3.63, 3.8) is 0 Å². The van der Waals surface area contributed by atoms with Crippen molar-refractivity contribution in [1.82, 2.24) is 4.98 Å². The maximum absolute atomic E-state index is 11.8. The molecule has 1 heterocycles. The van der Waals surface area contributed by atoms with Crippen molar-refractivity contribution in [3.05, 3.63) is 66.9 Å². The molecule has 0 spiro atoms. The first-order chi connectivity index (χ1) is 11.5. The minimum Gasteiger partial charge on any atom is -0.366 e. The van der Waals surface area contributed by atoms with Crippen LogP contribution in [0.3, 0.4) is 0 Å². The minimum absolute atomic E-state index is 0.178. The van der Waals surface area contributed by atoms with E-state index >= 15 is 0 Å². The van der Waals surface area contributed by atoms with Gasteiger partial charge in [0.15, 0.2) is 0 Å². The van der Waals surface area contributed by atoms with Crippen molar-refractivity contribution in [2.24, 2.45) is 5.73 Å². The number of carbonyl (C=O) groups excluding carboxylic acids is 2. The highest BCUT2D eigenvalue weighted by molar-refractivity contribution is 6.09. The SMILES string of the molecule is C=CC(=O)N(C)c1cccc(-c2ccc(C(N)=O)c3[nH]ccc23)c1. The molecular weight excluding hydrogens is 302 g/mol. The highest BCUT2D eigenvalue weighted by Gasteiger charge is 2.13. The van der Waals surface area contributed by atoms with Gasteiger partial charge in [-0.05, 0) is 41.5 Å². The maximum Gasteiger partial charge on any atom is 0.250 e. The number of amides is 2. The third-order valence-electron chi connectivity index (χ3n) is 4.04. The summed E-state index contributed by atoms with van der Waals surface area (Å²) in [6.45, 7) is 3.51. The van der Waals surface area contributed by atoms with Crippen LogP contribution in [0.4, 0.5) is 5.69 Å². The number of hydrogen-bond donors (Lipinski definition) is 2. The second-order valence-electron chi connectivity index (χ2n) is 5.44. The number of H-pyrrole nitrogens is 1. The number of nitrogens with two attached hydrogens (primary N) is 1. The normalized spacial score (nSPS) is 10.5. The first kappa shape index (κ1) is 15.6. The van der Waals surface area contributed by atoms with Crippen LogP contribution in [0.1, 0.15) is 10.4 Å². The Morgan fingerprint density at radius 3 is 2.71 bits per heavy atom. The van der Waals surface area contributed by atoms with Gasteiger partial charge in [0.25, 0.3) is 5.91 Å². The van der Waals surface area contributed by atoms with E-state index in [4.69, 9.17) is 5.73 Å². The Balaban J connectivity index is 2.14. The number of carbonyl (C=O) groups is 2. The molecule has 2 aromatic carbocycles. The van der Waals surface area contributed by atoms with Crippen LogP contribution in [-0.2, 0) is 4.79 Å². The lowest BCUT2D eigenvalue weighted by molar-refractivity contribution is -0.113. The summed E-state index contributed by atoms with van der Waals surface area (Å²) in [4.78, 5) is 28.0. The molecule has 0 fully saturated rings. The Kier molecular flexibility index (Phi) is 3.92. The molecule has 0 saturated heterocycles. The molecule has 3 rings (SSSR count). The summed E-state index contributed by atoms with van der Waals surface area (Å²) in [6.07, 6.45) is 3.05. The van der Waals surface area contributed by atoms with Crippen LogP contribution in [0.15, 0.2) is 61.3 Å². The van der Waals surface area contributed by atoms with Gasteiger partial charge in [0, 0.05) is 24.3 Å². The van der Waals surface area contributed by atoms with E-state index in [1.807, 2.05) is 36.4 Å². The Morgan fingerprint density at radius 1 is 1.21 bits per heavy atom. The predicted octanol–water partition coefficient (Wildman–Crippen LogP) is 3.08. The van der Waals surface area contributed by atoms with Gasteiger partial charge in [0.1, 0.15) is 0 Å². The Labute approximate surface area is 139 Å². The number of rotatable bonds is 4. The first-order valence-corrected chi connectivity index (χ1v) is 7.43. The summed E-state index contributed by atoms with van der Waals surface area (Å²) >= 11 is 0. The molecule has 0 atom stereocenters. The molecule has 2 amide bonds. The lowest BCUT2D eigenvalue weighted by Crippen LogP contribution is -2.23. The fraction of sp³-hybridized carbons (Fsp3) is 0.0526. The van der Waals surface area contributed by atoms with Crippen LogP contribution in [0.25, 0.3) is 22.0 Å². The Hall–Kier alpha value is -3.34. The van der Waals surface area contributed by atoms with Crippen molar-refractivity contribution >= 4 is 28.4 Å². The summed E-state index contributed by atoms with van der Waals surface area (Å²) < 4.78 is 0. The number of primary amides is 1. The van der Waals surface area contributed by atoms with E-state index in [1.54, 1.807) is 19.3 Å². The van der Waals surface area contributed by atoms with Crippen LogP contribution in [0.2, 0.25) is 0 Å². The van der Waals surface area contributed by atoms with Gasteiger partial charge in [0.2, 0.25) is 5.91 Å². The fourth-order valence-electron chi connectivity index (χ4n) is 2.76. The van der Waals surface area contributed by atoms with E-state index in [0.29, 0.717) is 11.1 Å². The average Bonchev–Trinajstić information content (AvgIpc) is 3.09. The number of likely N-dealkylation sites (N-methyl/N-ethyl adjacent to an activating group) is 1. The number of anilines is 1. The molecule has 0 saturated carbocycles. The number of nitrogens with one attached hydrogen (secondary N) is 1. The van der Waals surface area contributed by atoms with E-state index in [1.165, 1.54) is 11.0 Å². The van der Waals surface area contributed by atoms with Crippen molar-refractivity contribution in [2.75, 3.05) is 11.9 Å². The largest absolute Gasteiger partial charge is 0.366 e. The van der Waals surface area contributed by atoms with Crippen molar-refractivity contribution in [2.45, 2.75) is 0 Å². The van der Waals surface area contributed by atoms with Crippen LogP contribution in [0, 0.1) is 0 Å². The molecular formula is C19H17N3O2. The first-order valence-electron chi connectivity index (χ1n) is 7.43. The number of benzene rings is 2. The van der Waals surface area contributed by atoms with Crippen LogP contribution < -0.4 is 10.6 Å². The zero-order valence-electron chi connectivity index (χ0n) is 13.2. The number of nitrogens with zero attached hydrogens (tertiary/aromatic N) is 1. The lowest BCUT2D eigenvalue weighted by atomic mass is 9.98. The number of aromatic nitrogens is 1. The van der Waals surface area contributed by atoms with Gasteiger partial charge in [-0.2, -0.15) is 0 Å². The molecule has 3 aromatic rings. The van der Waals surface area contributed by atoms with Gasteiger partial charge >= 0.3 is 0 Å².